The highest BCUT2D eigenvalue weighted by Crippen LogP contribution is 2.12. The summed E-state index contributed by atoms with van der Waals surface area (Å²) in [4.78, 5) is 22.2. The monoisotopic (exact) mass is 245 g/mol. The van der Waals surface area contributed by atoms with Gasteiger partial charge < -0.3 is 22.3 Å². The predicted molar refractivity (Wildman–Crippen MR) is 65.3 cm³/mol. The lowest BCUT2D eigenvalue weighted by Crippen LogP contribution is -2.39. The first-order valence-electron chi connectivity index (χ1n) is 5.94. The van der Waals surface area contributed by atoms with E-state index in [1.54, 1.807) is 0 Å². The van der Waals surface area contributed by atoms with Gasteiger partial charge in [-0.3, -0.25) is 9.59 Å². The molecular weight excluding hydrogens is 222 g/mol. The molecule has 0 rings (SSSR count). The molecular formula is C11H23N3O3. The smallest absolute Gasteiger partial charge is 0.303 e. The highest BCUT2D eigenvalue weighted by molar-refractivity contribution is 5.86. The number of ketones is 1. The van der Waals surface area contributed by atoms with Crippen molar-refractivity contribution >= 4 is 11.8 Å². The molecule has 7 N–H and O–H groups in total. The third kappa shape index (κ3) is 7.04. The number of hydrogen-bond donors (Lipinski definition) is 4. The Morgan fingerprint density at radius 2 is 1.76 bits per heavy atom. The van der Waals surface area contributed by atoms with Crippen molar-refractivity contribution in [3.63, 3.8) is 0 Å². The van der Waals surface area contributed by atoms with Crippen LogP contribution in [-0.4, -0.2) is 36.0 Å². The van der Waals surface area contributed by atoms with E-state index in [9.17, 15) is 9.59 Å². The van der Waals surface area contributed by atoms with E-state index < -0.39 is 12.0 Å². The quantitative estimate of drug-likeness (QED) is 0.382. The number of unbranched alkanes of at least 4 members (excludes halogenated alkanes) is 1. The van der Waals surface area contributed by atoms with Gasteiger partial charge in [0, 0.05) is 18.9 Å². The minimum atomic E-state index is -0.944. The lowest BCUT2D eigenvalue weighted by molar-refractivity contribution is -0.137. The molecule has 0 heterocycles. The molecule has 0 amide bonds. The largest absolute Gasteiger partial charge is 0.481 e. The van der Waals surface area contributed by atoms with Crippen LogP contribution in [0.3, 0.4) is 0 Å². The van der Waals surface area contributed by atoms with Gasteiger partial charge in [0.2, 0.25) is 0 Å². The van der Waals surface area contributed by atoms with E-state index >= 15 is 0 Å². The van der Waals surface area contributed by atoms with E-state index in [0.29, 0.717) is 13.0 Å². The number of carboxylic acids is 1. The number of carbonyl (C=O) groups is 2. The van der Waals surface area contributed by atoms with Gasteiger partial charge in [0.15, 0.2) is 5.78 Å². The molecule has 0 saturated carbocycles. The van der Waals surface area contributed by atoms with Crippen LogP contribution in [0.15, 0.2) is 0 Å². The molecule has 0 aliphatic rings. The number of carboxylic acid groups (broad SMARTS) is 1. The third-order valence-corrected chi connectivity index (χ3v) is 2.73. The summed E-state index contributed by atoms with van der Waals surface area (Å²) in [6.45, 7) is 0.848. The molecule has 0 aromatic heterocycles. The Morgan fingerprint density at radius 3 is 2.24 bits per heavy atom. The van der Waals surface area contributed by atoms with Crippen LogP contribution < -0.4 is 17.2 Å². The Bertz CT molecular complexity index is 246. The summed E-state index contributed by atoms with van der Waals surface area (Å²) in [6.07, 6.45) is 2.45. The van der Waals surface area contributed by atoms with Gasteiger partial charge in [0.05, 0.1) is 6.04 Å². The molecule has 0 saturated heterocycles. The van der Waals surface area contributed by atoms with Gasteiger partial charge in [0.1, 0.15) is 0 Å². The van der Waals surface area contributed by atoms with Crippen molar-refractivity contribution in [3.8, 4) is 0 Å². The first-order valence-corrected chi connectivity index (χ1v) is 5.94. The van der Waals surface area contributed by atoms with E-state index in [1.165, 1.54) is 0 Å². The van der Waals surface area contributed by atoms with Gasteiger partial charge in [-0.1, -0.05) is 6.42 Å². The number of Topliss-reactive ketones (excluding diaryl/α,β-unsaturated/α-hetero) is 1. The van der Waals surface area contributed by atoms with Gasteiger partial charge in [-0.05, 0) is 25.8 Å². The van der Waals surface area contributed by atoms with Gasteiger partial charge in [-0.2, -0.15) is 0 Å². The summed E-state index contributed by atoms with van der Waals surface area (Å²) in [5.74, 6) is -1.35. The zero-order valence-electron chi connectivity index (χ0n) is 10.1. The zero-order chi connectivity index (χ0) is 13.3. The Balaban J connectivity index is 4.08. The minimum Gasteiger partial charge on any atom is -0.481 e. The Kier molecular flexibility index (Phi) is 8.57. The van der Waals surface area contributed by atoms with Crippen LogP contribution in [0.4, 0.5) is 0 Å². The SMILES string of the molecule is NCCCCC(CN)C(=O)[C@@H](N)CCC(=O)O. The van der Waals surface area contributed by atoms with E-state index in [1.807, 2.05) is 0 Å². The van der Waals surface area contributed by atoms with Crippen LogP contribution >= 0.6 is 0 Å². The molecule has 0 spiro atoms. The summed E-state index contributed by atoms with van der Waals surface area (Å²) >= 11 is 0. The first kappa shape index (κ1) is 16.0. The molecule has 6 heteroatoms. The van der Waals surface area contributed by atoms with Crippen LogP contribution in [0.2, 0.25) is 0 Å². The summed E-state index contributed by atoms with van der Waals surface area (Å²) in [5, 5.41) is 8.51. The lowest BCUT2D eigenvalue weighted by atomic mass is 9.91. The number of nitrogens with two attached hydrogens (primary N) is 3. The molecule has 6 nitrogen and oxygen atoms in total. The lowest BCUT2D eigenvalue weighted by Gasteiger charge is -2.17. The van der Waals surface area contributed by atoms with E-state index in [4.69, 9.17) is 22.3 Å². The maximum Gasteiger partial charge on any atom is 0.303 e. The van der Waals surface area contributed by atoms with Crippen LogP contribution in [-0.2, 0) is 9.59 Å². The van der Waals surface area contributed by atoms with Gasteiger partial charge in [-0.25, -0.2) is 0 Å². The van der Waals surface area contributed by atoms with Crippen molar-refractivity contribution in [1.29, 1.82) is 0 Å². The fourth-order valence-electron chi connectivity index (χ4n) is 1.64. The van der Waals surface area contributed by atoms with Gasteiger partial charge >= 0.3 is 5.97 Å². The molecule has 0 aliphatic carbocycles. The predicted octanol–water partition coefficient (Wildman–Crippen LogP) is -0.548. The molecule has 0 fully saturated rings. The van der Waals surface area contributed by atoms with Crippen molar-refractivity contribution in [2.75, 3.05) is 13.1 Å². The zero-order valence-corrected chi connectivity index (χ0v) is 10.1. The Morgan fingerprint density at radius 1 is 1.12 bits per heavy atom. The molecule has 1 unspecified atom stereocenters. The topological polar surface area (TPSA) is 132 Å². The fraction of sp³-hybridized carbons (Fsp3) is 0.818. The molecule has 0 aliphatic heterocycles. The fourth-order valence-corrected chi connectivity index (χ4v) is 1.64. The van der Waals surface area contributed by atoms with Crippen LogP contribution in [0.1, 0.15) is 32.1 Å². The van der Waals surface area contributed by atoms with E-state index in [2.05, 4.69) is 0 Å². The number of carbonyl (C=O) groups excluding carboxylic acids is 1. The van der Waals surface area contributed by atoms with Crippen LogP contribution in [0.25, 0.3) is 0 Å². The van der Waals surface area contributed by atoms with E-state index in [0.717, 1.165) is 12.8 Å². The average Bonchev–Trinajstić information content (AvgIpc) is 2.31. The molecule has 2 atom stereocenters. The van der Waals surface area contributed by atoms with Crippen LogP contribution in [0.5, 0.6) is 0 Å². The standard InChI is InChI=1S/C11H23N3O3/c12-6-2-1-3-8(7-13)11(17)9(14)4-5-10(15)16/h8-9H,1-7,12-14H2,(H,15,16)/t8?,9-/m0/s1. The maximum absolute atomic E-state index is 11.9. The van der Waals surface area contributed by atoms with Gasteiger partial charge in [0.25, 0.3) is 0 Å². The second-order valence-electron chi connectivity index (χ2n) is 4.16. The third-order valence-electron chi connectivity index (χ3n) is 2.73. The Labute approximate surface area is 102 Å². The first-order chi connectivity index (χ1) is 8.02. The number of aliphatic carboxylic acids is 1. The van der Waals surface area contributed by atoms with Crippen molar-refractivity contribution in [2.24, 2.45) is 23.1 Å². The molecule has 0 aromatic carbocycles. The van der Waals surface area contributed by atoms with Crippen LogP contribution in [0, 0.1) is 5.92 Å². The second kappa shape index (κ2) is 9.09. The van der Waals surface area contributed by atoms with Crippen molar-refractivity contribution in [3.05, 3.63) is 0 Å². The minimum absolute atomic E-state index is 0.0903. The van der Waals surface area contributed by atoms with Gasteiger partial charge in [-0.15, -0.1) is 0 Å². The van der Waals surface area contributed by atoms with Crippen molar-refractivity contribution in [1.82, 2.24) is 0 Å². The van der Waals surface area contributed by atoms with Crippen molar-refractivity contribution in [2.45, 2.75) is 38.1 Å². The van der Waals surface area contributed by atoms with E-state index in [-0.39, 0.29) is 31.1 Å². The second-order valence-corrected chi connectivity index (χ2v) is 4.16. The molecule has 0 aromatic rings. The summed E-state index contributed by atoms with van der Waals surface area (Å²) in [5.41, 5.74) is 16.5. The number of hydrogen-bond acceptors (Lipinski definition) is 5. The molecule has 0 radical (unpaired) electrons. The average molecular weight is 245 g/mol. The van der Waals surface area contributed by atoms with Crippen molar-refractivity contribution < 1.29 is 14.7 Å². The Hall–Kier alpha value is -0.980. The summed E-state index contributed by atoms with van der Waals surface area (Å²) < 4.78 is 0. The number of rotatable bonds is 10. The maximum atomic E-state index is 11.9. The summed E-state index contributed by atoms with van der Waals surface area (Å²) in [7, 11) is 0. The molecule has 100 valence electrons. The highest BCUT2D eigenvalue weighted by Gasteiger charge is 2.23. The molecule has 0 bridgehead atoms. The summed E-state index contributed by atoms with van der Waals surface area (Å²) in [6, 6.07) is -0.725. The normalized spacial score (nSPS) is 14.3. The highest BCUT2D eigenvalue weighted by atomic mass is 16.4. The molecule has 17 heavy (non-hydrogen) atoms.